The lowest BCUT2D eigenvalue weighted by atomic mass is 9.80. The molecule has 0 bridgehead atoms. The van der Waals surface area contributed by atoms with Gasteiger partial charge in [-0.25, -0.2) is 0 Å². The summed E-state index contributed by atoms with van der Waals surface area (Å²) in [5, 5.41) is 10.7. The number of piperidine rings is 1. The van der Waals surface area contributed by atoms with Gasteiger partial charge < -0.3 is 5.32 Å². The van der Waals surface area contributed by atoms with Crippen LogP contribution >= 0.6 is 0 Å². The Morgan fingerprint density at radius 1 is 0.884 bits per heavy atom. The highest BCUT2D eigenvalue weighted by atomic mass is 16.2. The molecule has 1 unspecified atom stereocenters. The predicted octanol–water partition coefficient (Wildman–Crippen LogP) is 3.23. The summed E-state index contributed by atoms with van der Waals surface area (Å²) >= 11 is 0. The summed E-state index contributed by atoms with van der Waals surface area (Å²) in [6, 6.07) is 6.29. The number of amides is 4. The second-order valence-electron chi connectivity index (χ2n) is 11.8. The van der Waals surface area contributed by atoms with Crippen molar-refractivity contribution < 1.29 is 19.2 Å². The molecule has 4 amide bonds. The summed E-state index contributed by atoms with van der Waals surface area (Å²) in [5.74, 6) is -1.13. The smallest absolute Gasteiger partial charge is 0.262 e. The van der Waals surface area contributed by atoms with E-state index in [0.29, 0.717) is 17.9 Å². The molecule has 12 heteroatoms. The molecule has 0 radical (unpaired) electrons. The van der Waals surface area contributed by atoms with Crippen LogP contribution in [0.3, 0.4) is 0 Å². The van der Waals surface area contributed by atoms with Gasteiger partial charge in [0.05, 0.1) is 28.4 Å². The molecule has 216 valence electrons. The number of hydrogen-bond acceptors (Lipinski definition) is 9. The quantitative estimate of drug-likeness (QED) is 0.316. The van der Waals surface area contributed by atoms with Crippen LogP contribution in [0.5, 0.6) is 0 Å². The molecule has 1 saturated heterocycles. The molecule has 3 fully saturated rings. The molecule has 0 spiro atoms. The monoisotopic (exact) mass is 576 g/mol. The second kappa shape index (κ2) is 9.79. The van der Waals surface area contributed by atoms with Gasteiger partial charge in [-0.3, -0.25) is 49.0 Å². The van der Waals surface area contributed by atoms with Gasteiger partial charge in [0.15, 0.2) is 0 Å². The van der Waals surface area contributed by atoms with Gasteiger partial charge in [0.1, 0.15) is 17.3 Å². The SMILES string of the molecule is O=C1CCC(N2C(=O)c3ccc(NCC4CC(n5cc(-c6nccc7nccnc67)c(C6CC6)n5)C4)cc3C2=O)C(=O)N1. The number of anilines is 1. The first-order valence-corrected chi connectivity index (χ1v) is 14.7. The average molecular weight is 577 g/mol. The van der Waals surface area contributed by atoms with Crippen LogP contribution in [0, 0.1) is 5.92 Å². The van der Waals surface area contributed by atoms with E-state index in [0.717, 1.165) is 70.8 Å². The molecule has 3 aromatic heterocycles. The fraction of sp³-hybridized carbons (Fsp3) is 0.355. The number of aromatic nitrogens is 5. The fourth-order valence-electron chi connectivity index (χ4n) is 6.45. The topological polar surface area (TPSA) is 152 Å². The first-order chi connectivity index (χ1) is 20.9. The van der Waals surface area contributed by atoms with Gasteiger partial charge in [-0.15, -0.1) is 0 Å². The van der Waals surface area contributed by atoms with Crippen molar-refractivity contribution in [3.8, 4) is 11.3 Å². The van der Waals surface area contributed by atoms with Crippen molar-refractivity contribution in [3.05, 3.63) is 65.9 Å². The van der Waals surface area contributed by atoms with Crippen LogP contribution in [0.15, 0.2) is 49.1 Å². The molecule has 5 heterocycles. The molecule has 8 rings (SSSR count). The molecule has 12 nitrogen and oxygen atoms in total. The minimum Gasteiger partial charge on any atom is -0.385 e. The molecule has 4 aromatic rings. The Morgan fingerprint density at radius 3 is 2.51 bits per heavy atom. The van der Waals surface area contributed by atoms with Crippen LogP contribution < -0.4 is 10.6 Å². The van der Waals surface area contributed by atoms with Crippen molar-refractivity contribution in [2.45, 2.75) is 56.5 Å². The van der Waals surface area contributed by atoms with Crippen LogP contribution in [0.1, 0.15) is 76.9 Å². The molecule has 2 aliphatic heterocycles. The van der Waals surface area contributed by atoms with E-state index >= 15 is 0 Å². The van der Waals surface area contributed by atoms with Crippen LogP contribution in [0.2, 0.25) is 0 Å². The molecule has 2 aliphatic carbocycles. The number of carbonyl (C=O) groups excluding carboxylic acids is 4. The Balaban J connectivity index is 0.935. The maximum atomic E-state index is 13.1. The fourth-order valence-corrected chi connectivity index (χ4v) is 6.45. The Kier molecular flexibility index (Phi) is 5.85. The normalized spacial score (nSPS) is 23.3. The minimum absolute atomic E-state index is 0.0927. The summed E-state index contributed by atoms with van der Waals surface area (Å²) < 4.78 is 2.10. The van der Waals surface area contributed by atoms with E-state index in [2.05, 4.69) is 36.5 Å². The number of rotatable bonds is 7. The van der Waals surface area contributed by atoms with Crippen LogP contribution in [0.4, 0.5) is 5.69 Å². The number of carbonyl (C=O) groups is 4. The highest BCUT2D eigenvalue weighted by Gasteiger charge is 2.44. The molecule has 2 N–H and O–H groups in total. The number of nitrogens with one attached hydrogen (secondary N) is 2. The second-order valence-corrected chi connectivity index (χ2v) is 11.8. The Bertz CT molecular complexity index is 1840. The Hall–Kier alpha value is -5.00. The third-order valence-electron chi connectivity index (χ3n) is 8.99. The van der Waals surface area contributed by atoms with Crippen molar-refractivity contribution in [1.29, 1.82) is 0 Å². The zero-order valence-electron chi connectivity index (χ0n) is 23.2. The first kappa shape index (κ1) is 25.7. The summed E-state index contributed by atoms with van der Waals surface area (Å²) in [6.07, 6.45) is 11.7. The van der Waals surface area contributed by atoms with E-state index in [1.54, 1.807) is 36.8 Å². The third-order valence-corrected chi connectivity index (χ3v) is 8.99. The van der Waals surface area contributed by atoms with E-state index in [1.807, 2.05) is 6.07 Å². The maximum Gasteiger partial charge on any atom is 0.262 e. The molecular weight excluding hydrogens is 548 g/mol. The minimum atomic E-state index is -0.971. The number of fused-ring (bicyclic) bond motifs is 2. The van der Waals surface area contributed by atoms with E-state index < -0.39 is 29.7 Å². The van der Waals surface area contributed by atoms with Crippen LogP contribution in [0.25, 0.3) is 22.3 Å². The standard InChI is InChI=1S/C31H28N8O4/c40-25-6-5-24(29(41)36-25)39-30(42)20-4-3-18(13-21(20)31(39)43)35-14-16-11-19(12-16)38-15-22(26(37-38)17-1-2-17)27-28-23(7-8-33-27)32-9-10-34-28/h3-4,7-10,13,15-17,19,24,35H,1-2,5-6,11-12,14H2,(H,36,40,41). The summed E-state index contributed by atoms with van der Waals surface area (Å²) in [6.45, 7) is 0.721. The maximum absolute atomic E-state index is 13.1. The highest BCUT2D eigenvalue weighted by Crippen LogP contribution is 2.46. The Morgan fingerprint density at radius 2 is 1.70 bits per heavy atom. The van der Waals surface area contributed by atoms with E-state index in [1.165, 1.54) is 0 Å². The lowest BCUT2D eigenvalue weighted by Crippen LogP contribution is -2.54. The highest BCUT2D eigenvalue weighted by molar-refractivity contribution is 6.23. The van der Waals surface area contributed by atoms with Gasteiger partial charge in [-0.2, -0.15) is 5.10 Å². The van der Waals surface area contributed by atoms with Gasteiger partial charge in [0.25, 0.3) is 11.8 Å². The molecule has 2 saturated carbocycles. The average Bonchev–Trinajstić information content (AvgIpc) is 3.70. The van der Waals surface area contributed by atoms with Gasteiger partial charge >= 0.3 is 0 Å². The number of hydrogen-bond donors (Lipinski definition) is 2. The van der Waals surface area contributed by atoms with E-state index in [4.69, 9.17) is 5.10 Å². The summed E-state index contributed by atoms with van der Waals surface area (Å²) in [4.78, 5) is 64.6. The number of benzene rings is 1. The van der Waals surface area contributed by atoms with Gasteiger partial charge in [0, 0.05) is 54.9 Å². The van der Waals surface area contributed by atoms with Gasteiger partial charge in [-0.05, 0) is 62.3 Å². The Labute approximate surface area is 245 Å². The van der Waals surface area contributed by atoms with Crippen LogP contribution in [-0.2, 0) is 9.59 Å². The lowest BCUT2D eigenvalue weighted by Gasteiger charge is -2.35. The van der Waals surface area contributed by atoms with Crippen molar-refractivity contribution >= 4 is 40.3 Å². The number of pyridine rings is 1. The molecule has 43 heavy (non-hydrogen) atoms. The number of imide groups is 2. The molecule has 1 aromatic carbocycles. The molecule has 4 aliphatic rings. The summed E-state index contributed by atoms with van der Waals surface area (Å²) in [7, 11) is 0. The van der Waals surface area contributed by atoms with E-state index in [9.17, 15) is 19.2 Å². The zero-order chi connectivity index (χ0) is 29.2. The third kappa shape index (κ3) is 4.36. The first-order valence-electron chi connectivity index (χ1n) is 14.7. The van der Waals surface area contributed by atoms with Crippen molar-refractivity contribution in [2.75, 3.05) is 11.9 Å². The van der Waals surface area contributed by atoms with E-state index in [-0.39, 0.29) is 24.0 Å². The van der Waals surface area contributed by atoms with Crippen molar-refractivity contribution in [1.82, 2.24) is 34.9 Å². The van der Waals surface area contributed by atoms with Crippen molar-refractivity contribution in [3.63, 3.8) is 0 Å². The largest absolute Gasteiger partial charge is 0.385 e. The molecule has 1 atom stereocenters. The van der Waals surface area contributed by atoms with Crippen molar-refractivity contribution in [2.24, 2.45) is 5.92 Å². The summed E-state index contributed by atoms with van der Waals surface area (Å²) in [5.41, 5.74) is 5.86. The van der Waals surface area contributed by atoms with Gasteiger partial charge in [-0.1, -0.05) is 0 Å². The number of nitrogens with zero attached hydrogens (tertiary/aromatic N) is 6. The van der Waals surface area contributed by atoms with Crippen LogP contribution in [-0.4, -0.2) is 65.8 Å². The zero-order valence-corrected chi connectivity index (χ0v) is 23.2. The van der Waals surface area contributed by atoms with Gasteiger partial charge in [0.2, 0.25) is 11.8 Å². The lowest BCUT2D eigenvalue weighted by molar-refractivity contribution is -0.136. The molecular formula is C31H28N8O4. The predicted molar refractivity (Wildman–Crippen MR) is 154 cm³/mol.